The van der Waals surface area contributed by atoms with Gasteiger partial charge in [0.05, 0.1) is 0 Å². The SMILES string of the molecule is Cc1cc(C(=O)NC/C=C/CN)ccc1F. The lowest BCUT2D eigenvalue weighted by atomic mass is 10.1. The highest BCUT2D eigenvalue weighted by Gasteiger charge is 2.05. The highest BCUT2D eigenvalue weighted by Crippen LogP contribution is 2.08. The highest BCUT2D eigenvalue weighted by atomic mass is 19.1. The van der Waals surface area contributed by atoms with Crippen LogP contribution >= 0.6 is 0 Å². The first kappa shape index (κ1) is 12.4. The number of hydrogen-bond donors (Lipinski definition) is 2. The van der Waals surface area contributed by atoms with Crippen molar-refractivity contribution in [1.82, 2.24) is 5.32 Å². The van der Waals surface area contributed by atoms with Gasteiger partial charge in [-0.15, -0.1) is 0 Å². The van der Waals surface area contributed by atoms with Crippen LogP contribution in [0.1, 0.15) is 15.9 Å². The van der Waals surface area contributed by atoms with Gasteiger partial charge in [-0.25, -0.2) is 4.39 Å². The van der Waals surface area contributed by atoms with Gasteiger partial charge >= 0.3 is 0 Å². The summed E-state index contributed by atoms with van der Waals surface area (Å²) in [5.74, 6) is -0.524. The lowest BCUT2D eigenvalue weighted by Gasteiger charge is -2.03. The van der Waals surface area contributed by atoms with Crippen molar-refractivity contribution in [2.24, 2.45) is 5.73 Å². The Morgan fingerprint density at radius 1 is 1.50 bits per heavy atom. The molecule has 86 valence electrons. The molecule has 0 aliphatic carbocycles. The Morgan fingerprint density at radius 3 is 2.88 bits per heavy atom. The van der Waals surface area contributed by atoms with Crippen molar-refractivity contribution in [2.45, 2.75) is 6.92 Å². The molecule has 0 radical (unpaired) electrons. The number of nitrogens with two attached hydrogens (primary N) is 1. The fraction of sp³-hybridized carbons (Fsp3) is 0.250. The normalized spacial score (nSPS) is 10.7. The molecule has 0 fully saturated rings. The molecular weight excluding hydrogens is 207 g/mol. The number of carbonyl (C=O) groups is 1. The van der Waals surface area contributed by atoms with Crippen molar-refractivity contribution in [2.75, 3.05) is 13.1 Å². The van der Waals surface area contributed by atoms with Crippen LogP contribution in [0.2, 0.25) is 0 Å². The summed E-state index contributed by atoms with van der Waals surface area (Å²) in [6.45, 7) is 2.50. The molecule has 0 aliphatic rings. The Morgan fingerprint density at radius 2 is 2.25 bits per heavy atom. The molecule has 4 heteroatoms. The molecule has 1 aromatic rings. The predicted octanol–water partition coefficient (Wildman–Crippen LogP) is 1.38. The summed E-state index contributed by atoms with van der Waals surface area (Å²) >= 11 is 0. The van der Waals surface area contributed by atoms with E-state index in [0.29, 0.717) is 24.2 Å². The monoisotopic (exact) mass is 222 g/mol. The first-order valence-corrected chi connectivity index (χ1v) is 5.04. The van der Waals surface area contributed by atoms with E-state index >= 15 is 0 Å². The first-order chi connectivity index (χ1) is 7.65. The number of rotatable bonds is 4. The smallest absolute Gasteiger partial charge is 0.251 e. The topological polar surface area (TPSA) is 55.1 Å². The standard InChI is InChI=1S/C12H15FN2O/c1-9-8-10(4-5-11(9)13)12(16)15-7-3-2-6-14/h2-5,8H,6-7,14H2,1H3,(H,15,16)/b3-2+. The Bertz CT molecular complexity index is 402. The molecule has 0 aromatic heterocycles. The molecule has 1 aromatic carbocycles. The molecule has 0 atom stereocenters. The van der Waals surface area contributed by atoms with Gasteiger partial charge in [0.15, 0.2) is 0 Å². The van der Waals surface area contributed by atoms with Gasteiger partial charge in [-0.1, -0.05) is 12.2 Å². The van der Waals surface area contributed by atoms with Crippen LogP contribution < -0.4 is 11.1 Å². The zero-order valence-electron chi connectivity index (χ0n) is 9.16. The maximum Gasteiger partial charge on any atom is 0.251 e. The van der Waals surface area contributed by atoms with Crippen molar-refractivity contribution in [3.63, 3.8) is 0 Å². The number of hydrogen-bond acceptors (Lipinski definition) is 2. The molecule has 0 saturated carbocycles. The molecule has 1 rings (SSSR count). The summed E-state index contributed by atoms with van der Waals surface area (Å²) in [4.78, 5) is 11.6. The fourth-order valence-corrected chi connectivity index (χ4v) is 1.22. The summed E-state index contributed by atoms with van der Waals surface area (Å²) in [5.41, 5.74) is 6.17. The second-order valence-corrected chi connectivity index (χ2v) is 3.38. The number of benzene rings is 1. The summed E-state index contributed by atoms with van der Waals surface area (Å²) in [7, 11) is 0. The van der Waals surface area contributed by atoms with Crippen molar-refractivity contribution in [3.05, 3.63) is 47.3 Å². The van der Waals surface area contributed by atoms with Crippen LogP contribution in [-0.4, -0.2) is 19.0 Å². The van der Waals surface area contributed by atoms with Crippen molar-refractivity contribution < 1.29 is 9.18 Å². The molecule has 3 nitrogen and oxygen atoms in total. The lowest BCUT2D eigenvalue weighted by Crippen LogP contribution is -2.23. The van der Waals surface area contributed by atoms with Crippen LogP contribution in [0.3, 0.4) is 0 Å². The first-order valence-electron chi connectivity index (χ1n) is 5.04. The van der Waals surface area contributed by atoms with Crippen molar-refractivity contribution in [1.29, 1.82) is 0 Å². The lowest BCUT2D eigenvalue weighted by molar-refractivity contribution is 0.0958. The van der Waals surface area contributed by atoms with Gasteiger partial charge < -0.3 is 11.1 Å². The third-order valence-corrected chi connectivity index (χ3v) is 2.10. The average molecular weight is 222 g/mol. The van der Waals surface area contributed by atoms with E-state index in [2.05, 4.69) is 5.32 Å². The van der Waals surface area contributed by atoms with Gasteiger partial charge in [0.25, 0.3) is 5.91 Å². The summed E-state index contributed by atoms with van der Waals surface area (Å²) in [5, 5.41) is 2.68. The maximum atomic E-state index is 13.0. The average Bonchev–Trinajstić information content (AvgIpc) is 2.28. The van der Waals surface area contributed by atoms with Crippen LogP contribution in [0.5, 0.6) is 0 Å². The maximum absolute atomic E-state index is 13.0. The van der Waals surface area contributed by atoms with E-state index in [4.69, 9.17) is 5.73 Å². The Balaban J connectivity index is 2.59. The predicted molar refractivity (Wildman–Crippen MR) is 61.7 cm³/mol. The van der Waals surface area contributed by atoms with E-state index in [9.17, 15) is 9.18 Å². The van der Waals surface area contributed by atoms with Gasteiger partial charge in [0, 0.05) is 18.7 Å². The van der Waals surface area contributed by atoms with Crippen LogP contribution in [0.15, 0.2) is 30.4 Å². The zero-order chi connectivity index (χ0) is 12.0. The molecular formula is C12H15FN2O. The van der Waals surface area contributed by atoms with Crippen LogP contribution in [0.25, 0.3) is 0 Å². The van der Waals surface area contributed by atoms with Crippen molar-refractivity contribution in [3.8, 4) is 0 Å². The van der Waals surface area contributed by atoms with E-state index in [0.717, 1.165) is 0 Å². The largest absolute Gasteiger partial charge is 0.349 e. The highest BCUT2D eigenvalue weighted by molar-refractivity contribution is 5.94. The van der Waals surface area contributed by atoms with Gasteiger partial charge in [0.1, 0.15) is 5.82 Å². The van der Waals surface area contributed by atoms with E-state index in [1.54, 1.807) is 19.1 Å². The third kappa shape index (κ3) is 3.47. The quantitative estimate of drug-likeness (QED) is 0.756. The molecule has 0 saturated heterocycles. The Hall–Kier alpha value is -1.68. The van der Waals surface area contributed by atoms with Gasteiger partial charge in [0.2, 0.25) is 0 Å². The molecule has 16 heavy (non-hydrogen) atoms. The van der Waals surface area contributed by atoms with Crippen LogP contribution in [-0.2, 0) is 0 Å². The number of nitrogens with one attached hydrogen (secondary N) is 1. The van der Waals surface area contributed by atoms with E-state index in [-0.39, 0.29) is 11.7 Å². The molecule has 0 spiro atoms. The molecule has 0 unspecified atom stereocenters. The van der Waals surface area contributed by atoms with Gasteiger partial charge in [-0.05, 0) is 30.7 Å². The number of halogens is 1. The fourth-order valence-electron chi connectivity index (χ4n) is 1.22. The second-order valence-electron chi connectivity index (χ2n) is 3.38. The third-order valence-electron chi connectivity index (χ3n) is 2.10. The zero-order valence-corrected chi connectivity index (χ0v) is 9.16. The van der Waals surface area contributed by atoms with Crippen molar-refractivity contribution >= 4 is 5.91 Å². The Kier molecular flexibility index (Phi) is 4.66. The summed E-state index contributed by atoms with van der Waals surface area (Å²) < 4.78 is 13.0. The summed E-state index contributed by atoms with van der Waals surface area (Å²) in [6, 6.07) is 4.28. The molecule has 0 aliphatic heterocycles. The molecule has 1 amide bonds. The minimum Gasteiger partial charge on any atom is -0.349 e. The minimum atomic E-state index is -0.306. The van der Waals surface area contributed by atoms with E-state index in [1.807, 2.05) is 0 Å². The molecule has 0 bridgehead atoms. The minimum absolute atomic E-state index is 0.218. The number of carbonyl (C=O) groups excluding carboxylic acids is 1. The van der Waals surface area contributed by atoms with E-state index in [1.165, 1.54) is 18.2 Å². The summed E-state index contributed by atoms with van der Waals surface area (Å²) in [6.07, 6.45) is 3.53. The second kappa shape index (κ2) is 6.02. The number of aryl methyl sites for hydroxylation is 1. The molecule has 3 N–H and O–H groups in total. The van der Waals surface area contributed by atoms with Crippen LogP contribution in [0, 0.1) is 12.7 Å². The number of amides is 1. The van der Waals surface area contributed by atoms with Gasteiger partial charge in [-0.2, -0.15) is 0 Å². The Labute approximate surface area is 94.1 Å². The molecule has 0 heterocycles. The van der Waals surface area contributed by atoms with Gasteiger partial charge in [-0.3, -0.25) is 4.79 Å². The van der Waals surface area contributed by atoms with E-state index < -0.39 is 0 Å². The van der Waals surface area contributed by atoms with Crippen LogP contribution in [0.4, 0.5) is 4.39 Å².